The lowest BCUT2D eigenvalue weighted by Gasteiger charge is -2.39. The minimum absolute atomic E-state index is 0.0309. The van der Waals surface area contributed by atoms with Crippen molar-refractivity contribution >= 4 is 15.7 Å². The zero-order chi connectivity index (χ0) is 16.4. The molecule has 2 aliphatic rings. The van der Waals surface area contributed by atoms with Crippen molar-refractivity contribution < 1.29 is 22.7 Å². The minimum Gasteiger partial charge on any atom is -0.493 e. The number of hydrogen-bond donors (Lipinski definition) is 0. The summed E-state index contributed by atoms with van der Waals surface area (Å²) in [7, 11) is -1.52. The number of carbonyl (C=O) groups excluding carboxylic acids is 1. The Morgan fingerprint density at radius 3 is 2.57 bits per heavy atom. The highest BCUT2D eigenvalue weighted by Gasteiger charge is 2.34. The van der Waals surface area contributed by atoms with E-state index in [2.05, 4.69) is 0 Å². The van der Waals surface area contributed by atoms with Crippen molar-refractivity contribution in [2.45, 2.75) is 12.5 Å². The van der Waals surface area contributed by atoms with Gasteiger partial charge in [-0.15, -0.1) is 0 Å². The van der Waals surface area contributed by atoms with Crippen molar-refractivity contribution in [2.24, 2.45) is 5.92 Å². The summed E-state index contributed by atoms with van der Waals surface area (Å²) in [6.07, 6.45) is 1.78. The lowest BCUT2D eigenvalue weighted by molar-refractivity contribution is -0.140. The third-order valence-electron chi connectivity index (χ3n) is 4.00. The topological polar surface area (TPSA) is 72.9 Å². The van der Waals surface area contributed by atoms with Crippen LogP contribution in [0.3, 0.4) is 0 Å². The van der Waals surface area contributed by atoms with Gasteiger partial charge in [-0.25, -0.2) is 8.42 Å². The average molecular weight is 337 g/mol. The van der Waals surface area contributed by atoms with Crippen LogP contribution < -0.4 is 9.47 Å². The Hall–Kier alpha value is -2.02. The maximum absolute atomic E-state index is 12.1. The molecule has 23 heavy (non-hydrogen) atoms. The lowest BCUT2D eigenvalue weighted by atomic mass is 10.0. The molecule has 0 aliphatic carbocycles. The number of methoxy groups -OCH3 is 1. The number of benzene rings is 1. The summed E-state index contributed by atoms with van der Waals surface area (Å²) >= 11 is 0. The van der Waals surface area contributed by atoms with E-state index in [0.29, 0.717) is 24.6 Å². The van der Waals surface area contributed by atoms with E-state index in [-0.39, 0.29) is 30.1 Å². The first-order valence-electron chi connectivity index (χ1n) is 7.45. The van der Waals surface area contributed by atoms with Gasteiger partial charge in [0, 0.05) is 17.7 Å². The molecule has 7 heteroatoms. The molecule has 1 aromatic carbocycles. The predicted molar refractivity (Wildman–Crippen MR) is 85.0 cm³/mol. The van der Waals surface area contributed by atoms with E-state index in [1.165, 1.54) is 5.41 Å². The molecule has 1 fully saturated rings. The number of para-hydroxylation sites is 2. The Bertz CT molecular complexity index is 722. The Morgan fingerprint density at radius 1 is 1.26 bits per heavy atom. The number of allylic oxidation sites excluding steroid dienone is 1. The van der Waals surface area contributed by atoms with Crippen LogP contribution in [0.2, 0.25) is 0 Å². The normalized spacial score (nSPS) is 22.7. The van der Waals surface area contributed by atoms with Crippen LogP contribution in [0, 0.1) is 5.92 Å². The zero-order valence-corrected chi connectivity index (χ0v) is 13.7. The van der Waals surface area contributed by atoms with Gasteiger partial charge in [0.15, 0.2) is 21.3 Å². The quantitative estimate of drug-likeness (QED) is 0.808. The maximum atomic E-state index is 12.1. The molecule has 0 N–H and O–H groups in total. The zero-order valence-electron chi connectivity index (χ0n) is 12.8. The number of likely N-dealkylation sites (tertiary alicyclic amines) is 1. The highest BCUT2D eigenvalue weighted by molar-refractivity contribution is 7.94. The highest BCUT2D eigenvalue weighted by atomic mass is 32.2. The third kappa shape index (κ3) is 3.67. The first-order valence-corrected chi connectivity index (χ1v) is 9.17. The first-order chi connectivity index (χ1) is 11.0. The monoisotopic (exact) mass is 337 g/mol. The van der Waals surface area contributed by atoms with Crippen molar-refractivity contribution in [2.75, 3.05) is 26.0 Å². The van der Waals surface area contributed by atoms with E-state index in [9.17, 15) is 13.2 Å². The number of carbonyl (C=O) groups is 1. The Labute approximate surface area is 135 Å². The number of sulfone groups is 1. The van der Waals surface area contributed by atoms with Crippen LogP contribution in [0.25, 0.3) is 0 Å². The molecule has 0 saturated carbocycles. The van der Waals surface area contributed by atoms with E-state index in [1.54, 1.807) is 18.1 Å². The number of hydrogen-bond acceptors (Lipinski definition) is 5. The minimum atomic E-state index is -3.10. The summed E-state index contributed by atoms with van der Waals surface area (Å²) < 4.78 is 33.8. The van der Waals surface area contributed by atoms with Gasteiger partial charge in [-0.1, -0.05) is 18.2 Å². The fourth-order valence-corrected chi connectivity index (χ4v) is 4.13. The van der Waals surface area contributed by atoms with Crippen LogP contribution in [-0.2, 0) is 14.6 Å². The summed E-state index contributed by atoms with van der Waals surface area (Å²) in [5.41, 5.74) is 0. The van der Waals surface area contributed by atoms with Gasteiger partial charge in [-0.05, 0) is 12.1 Å². The summed E-state index contributed by atoms with van der Waals surface area (Å²) in [4.78, 5) is 13.8. The molecule has 0 spiro atoms. The molecule has 1 atom stereocenters. The van der Waals surface area contributed by atoms with E-state index in [0.717, 1.165) is 0 Å². The maximum Gasteiger partial charge on any atom is 0.223 e. The summed E-state index contributed by atoms with van der Waals surface area (Å²) in [5.74, 6) is 1.13. The van der Waals surface area contributed by atoms with Gasteiger partial charge in [0.2, 0.25) is 5.91 Å². The lowest BCUT2D eigenvalue weighted by Crippen LogP contribution is -2.56. The van der Waals surface area contributed by atoms with E-state index in [4.69, 9.17) is 9.47 Å². The van der Waals surface area contributed by atoms with Crippen molar-refractivity contribution in [1.82, 2.24) is 4.90 Å². The van der Waals surface area contributed by atoms with Crippen molar-refractivity contribution in [3.63, 3.8) is 0 Å². The molecule has 6 nitrogen and oxygen atoms in total. The molecular formula is C16H19NO5S. The fourth-order valence-electron chi connectivity index (χ4n) is 2.73. The second-order valence-corrected chi connectivity index (χ2v) is 7.74. The average Bonchev–Trinajstić information content (AvgIpc) is 2.81. The second-order valence-electron chi connectivity index (χ2n) is 5.81. The van der Waals surface area contributed by atoms with Crippen molar-refractivity contribution in [3.8, 4) is 11.5 Å². The molecule has 1 amide bonds. The van der Waals surface area contributed by atoms with Crippen LogP contribution in [0.4, 0.5) is 0 Å². The number of amides is 1. The van der Waals surface area contributed by atoms with Crippen LogP contribution >= 0.6 is 0 Å². The van der Waals surface area contributed by atoms with Gasteiger partial charge < -0.3 is 14.4 Å². The number of ether oxygens (including phenoxy) is 2. The summed E-state index contributed by atoms with van der Waals surface area (Å²) in [6.45, 7) is 1.03. The summed E-state index contributed by atoms with van der Waals surface area (Å²) in [5, 5.41) is 1.20. The largest absolute Gasteiger partial charge is 0.493 e. The second kappa shape index (κ2) is 6.23. The van der Waals surface area contributed by atoms with Gasteiger partial charge in [-0.3, -0.25) is 4.79 Å². The Kier molecular flexibility index (Phi) is 4.30. The van der Waals surface area contributed by atoms with E-state index < -0.39 is 9.84 Å². The van der Waals surface area contributed by atoms with Crippen LogP contribution in [0.15, 0.2) is 35.7 Å². The Balaban J connectivity index is 1.47. The van der Waals surface area contributed by atoms with Crippen LogP contribution in [0.5, 0.6) is 11.5 Å². The molecule has 2 heterocycles. The standard InChI is InChI=1S/C16H19NO5S/c1-21-14-4-2-3-5-15(14)22-13-9-17(10-13)16(18)8-12-6-7-23(19,20)11-12/h2-7,12-13H,8-11H2,1H3/t12-/m1/s1. The van der Waals surface area contributed by atoms with Gasteiger partial charge in [0.25, 0.3) is 0 Å². The smallest absolute Gasteiger partial charge is 0.223 e. The molecule has 2 aliphatic heterocycles. The van der Waals surface area contributed by atoms with Gasteiger partial charge in [-0.2, -0.15) is 0 Å². The molecule has 0 aromatic heterocycles. The molecule has 0 bridgehead atoms. The highest BCUT2D eigenvalue weighted by Crippen LogP contribution is 2.29. The fraction of sp³-hybridized carbons (Fsp3) is 0.438. The molecular weight excluding hydrogens is 318 g/mol. The SMILES string of the molecule is COc1ccccc1OC1CN(C(=O)C[C@H]2C=CS(=O)(=O)C2)C1. The van der Waals surface area contributed by atoms with Crippen molar-refractivity contribution in [1.29, 1.82) is 0 Å². The van der Waals surface area contributed by atoms with Crippen molar-refractivity contribution in [3.05, 3.63) is 35.7 Å². The van der Waals surface area contributed by atoms with Gasteiger partial charge in [0.05, 0.1) is 26.0 Å². The third-order valence-corrected chi connectivity index (χ3v) is 5.47. The van der Waals surface area contributed by atoms with E-state index in [1.807, 2.05) is 24.3 Å². The first kappa shape index (κ1) is 15.9. The molecule has 3 rings (SSSR count). The predicted octanol–water partition coefficient (Wildman–Crippen LogP) is 1.23. The number of rotatable bonds is 5. The van der Waals surface area contributed by atoms with Gasteiger partial charge in [0.1, 0.15) is 6.10 Å². The molecule has 1 aromatic rings. The molecule has 0 radical (unpaired) electrons. The summed E-state index contributed by atoms with van der Waals surface area (Å²) in [6, 6.07) is 7.39. The van der Waals surface area contributed by atoms with Crippen LogP contribution in [0.1, 0.15) is 6.42 Å². The number of nitrogens with zero attached hydrogens (tertiary/aromatic N) is 1. The van der Waals surface area contributed by atoms with Crippen LogP contribution in [-0.4, -0.2) is 51.3 Å². The Morgan fingerprint density at radius 2 is 1.96 bits per heavy atom. The molecule has 124 valence electrons. The van der Waals surface area contributed by atoms with E-state index >= 15 is 0 Å². The molecule has 1 saturated heterocycles. The molecule has 0 unspecified atom stereocenters. The van der Waals surface area contributed by atoms with Gasteiger partial charge >= 0.3 is 0 Å².